The highest BCUT2D eigenvalue weighted by atomic mass is 32.2. The van der Waals surface area contributed by atoms with Crippen molar-refractivity contribution in [2.75, 3.05) is 10.5 Å². The van der Waals surface area contributed by atoms with Gasteiger partial charge < -0.3 is 10.2 Å². The number of nitrogens with two attached hydrogens (primary N) is 1. The Balaban J connectivity index is 1.63. The molecule has 3 aromatic carbocycles. The Morgan fingerprint density at radius 1 is 0.931 bits per heavy atom. The fraction of sp³-hybridized carbons (Fsp3) is 0.0476. The SMILES string of the molecule is Nc1cccc(CS(=O)c2ccccc2NS(=O)(=O)c2cc3ccccc3o2)c1. The molecular formula is C21H18N2O4S2. The maximum absolute atomic E-state index is 12.9. The van der Waals surface area contributed by atoms with Gasteiger partial charge in [0.2, 0.25) is 5.09 Å². The Hall–Kier alpha value is -3.10. The molecule has 1 unspecified atom stereocenters. The van der Waals surface area contributed by atoms with Crippen LogP contribution in [0.5, 0.6) is 0 Å². The zero-order valence-corrected chi connectivity index (χ0v) is 16.9. The maximum Gasteiger partial charge on any atom is 0.295 e. The molecule has 29 heavy (non-hydrogen) atoms. The topological polar surface area (TPSA) is 102 Å². The molecule has 0 bridgehead atoms. The molecule has 0 aliphatic rings. The minimum Gasteiger partial charge on any atom is -0.443 e. The van der Waals surface area contributed by atoms with Crippen LogP contribution in [0.25, 0.3) is 11.0 Å². The van der Waals surface area contributed by atoms with E-state index in [-0.39, 0.29) is 16.5 Å². The summed E-state index contributed by atoms with van der Waals surface area (Å²) in [6.07, 6.45) is 0. The van der Waals surface area contributed by atoms with Gasteiger partial charge in [-0.1, -0.05) is 42.5 Å². The van der Waals surface area contributed by atoms with Crippen LogP contribution >= 0.6 is 0 Å². The number of para-hydroxylation sites is 2. The molecule has 0 aliphatic heterocycles. The summed E-state index contributed by atoms with van der Waals surface area (Å²) in [6, 6.07) is 22.2. The molecule has 0 aliphatic carbocycles. The van der Waals surface area contributed by atoms with E-state index >= 15 is 0 Å². The number of hydrogen-bond donors (Lipinski definition) is 2. The zero-order chi connectivity index (χ0) is 20.4. The van der Waals surface area contributed by atoms with Crippen LogP contribution in [0.15, 0.2) is 93.3 Å². The van der Waals surface area contributed by atoms with Crippen molar-refractivity contribution < 1.29 is 17.0 Å². The molecule has 1 heterocycles. The van der Waals surface area contributed by atoms with Gasteiger partial charge in [0.1, 0.15) is 5.58 Å². The molecule has 0 saturated carbocycles. The van der Waals surface area contributed by atoms with E-state index in [0.717, 1.165) is 5.56 Å². The van der Waals surface area contributed by atoms with E-state index in [1.165, 1.54) is 6.07 Å². The number of rotatable bonds is 6. The molecule has 0 saturated heterocycles. The van der Waals surface area contributed by atoms with Crippen LogP contribution in [0.4, 0.5) is 11.4 Å². The number of fused-ring (bicyclic) bond motifs is 1. The van der Waals surface area contributed by atoms with Gasteiger partial charge in [-0.2, -0.15) is 8.42 Å². The van der Waals surface area contributed by atoms with Crippen molar-refractivity contribution in [1.29, 1.82) is 0 Å². The van der Waals surface area contributed by atoms with Crippen LogP contribution in [0.1, 0.15) is 5.56 Å². The third-order valence-electron chi connectivity index (χ3n) is 4.29. The molecule has 0 amide bonds. The van der Waals surface area contributed by atoms with Gasteiger partial charge in [0.05, 0.1) is 27.1 Å². The Kier molecular flexibility index (Phi) is 5.12. The zero-order valence-electron chi connectivity index (χ0n) is 15.2. The molecule has 0 radical (unpaired) electrons. The predicted molar refractivity (Wildman–Crippen MR) is 114 cm³/mol. The molecule has 0 fully saturated rings. The summed E-state index contributed by atoms with van der Waals surface area (Å²) >= 11 is 0. The third-order valence-corrected chi connectivity index (χ3v) is 6.95. The van der Waals surface area contributed by atoms with E-state index in [9.17, 15) is 12.6 Å². The van der Waals surface area contributed by atoms with E-state index in [2.05, 4.69) is 4.72 Å². The number of nitrogen functional groups attached to an aromatic ring is 1. The van der Waals surface area contributed by atoms with Crippen molar-refractivity contribution in [1.82, 2.24) is 0 Å². The molecule has 1 aromatic heterocycles. The first-order valence-corrected chi connectivity index (χ1v) is 11.6. The van der Waals surface area contributed by atoms with Crippen molar-refractivity contribution in [2.24, 2.45) is 0 Å². The van der Waals surface area contributed by atoms with Gasteiger partial charge >= 0.3 is 0 Å². The van der Waals surface area contributed by atoms with Crippen molar-refractivity contribution in [3.05, 3.63) is 84.4 Å². The summed E-state index contributed by atoms with van der Waals surface area (Å²) in [5.74, 6) is 0.217. The lowest BCUT2D eigenvalue weighted by Crippen LogP contribution is -2.14. The minimum atomic E-state index is -3.98. The Morgan fingerprint density at radius 2 is 1.69 bits per heavy atom. The van der Waals surface area contributed by atoms with Gasteiger partial charge in [0.15, 0.2) is 0 Å². The highest BCUT2D eigenvalue weighted by Gasteiger charge is 2.22. The molecule has 4 rings (SSSR count). The first kappa shape index (κ1) is 19.2. The van der Waals surface area contributed by atoms with Crippen molar-refractivity contribution in [3.8, 4) is 0 Å². The standard InChI is InChI=1S/C21H18N2O4S2/c22-17-8-5-6-15(12-17)14-28(24)20-11-4-2-9-18(20)23-29(25,26)21-13-16-7-1-3-10-19(16)27-21/h1-13,23H,14,22H2. The number of anilines is 2. The second-order valence-electron chi connectivity index (χ2n) is 6.44. The van der Waals surface area contributed by atoms with Gasteiger partial charge in [-0.15, -0.1) is 0 Å². The normalized spacial score (nSPS) is 12.7. The fourth-order valence-corrected chi connectivity index (χ4v) is 5.29. The predicted octanol–water partition coefficient (Wildman–Crippen LogP) is 4.12. The van der Waals surface area contributed by atoms with E-state index in [1.54, 1.807) is 66.7 Å². The van der Waals surface area contributed by atoms with E-state index < -0.39 is 20.8 Å². The molecule has 6 nitrogen and oxygen atoms in total. The second kappa shape index (κ2) is 7.73. The first-order valence-electron chi connectivity index (χ1n) is 8.75. The van der Waals surface area contributed by atoms with Crippen LogP contribution in [0.3, 0.4) is 0 Å². The van der Waals surface area contributed by atoms with Gasteiger partial charge in [-0.25, -0.2) is 0 Å². The monoisotopic (exact) mass is 426 g/mol. The Bertz CT molecular complexity index is 1280. The Morgan fingerprint density at radius 3 is 2.48 bits per heavy atom. The maximum atomic E-state index is 12.9. The highest BCUT2D eigenvalue weighted by Crippen LogP contribution is 2.27. The number of nitrogens with one attached hydrogen (secondary N) is 1. The lowest BCUT2D eigenvalue weighted by atomic mass is 10.2. The second-order valence-corrected chi connectivity index (χ2v) is 9.47. The quantitative estimate of drug-likeness (QED) is 0.452. The van der Waals surface area contributed by atoms with Gasteiger partial charge in [-0.3, -0.25) is 8.93 Å². The van der Waals surface area contributed by atoms with Crippen molar-refractivity contribution >= 4 is 43.2 Å². The highest BCUT2D eigenvalue weighted by molar-refractivity contribution is 7.92. The van der Waals surface area contributed by atoms with E-state index in [4.69, 9.17) is 10.2 Å². The fourth-order valence-electron chi connectivity index (χ4n) is 2.95. The van der Waals surface area contributed by atoms with Crippen LogP contribution in [0.2, 0.25) is 0 Å². The van der Waals surface area contributed by atoms with Gasteiger partial charge in [0.25, 0.3) is 10.0 Å². The van der Waals surface area contributed by atoms with Crippen LogP contribution in [-0.2, 0) is 26.6 Å². The number of sulfonamides is 1. The van der Waals surface area contributed by atoms with Gasteiger partial charge in [-0.05, 0) is 35.9 Å². The lowest BCUT2D eigenvalue weighted by Gasteiger charge is -2.11. The van der Waals surface area contributed by atoms with Crippen molar-refractivity contribution in [3.63, 3.8) is 0 Å². The summed E-state index contributed by atoms with van der Waals surface area (Å²) in [5, 5.41) is 0.488. The molecular weight excluding hydrogens is 408 g/mol. The largest absolute Gasteiger partial charge is 0.443 e. The smallest absolute Gasteiger partial charge is 0.295 e. The average Bonchev–Trinajstić information content (AvgIpc) is 3.13. The molecule has 3 N–H and O–H groups in total. The molecule has 8 heteroatoms. The molecule has 4 aromatic rings. The molecule has 1 atom stereocenters. The van der Waals surface area contributed by atoms with E-state index in [1.807, 2.05) is 6.07 Å². The number of benzene rings is 3. The van der Waals surface area contributed by atoms with E-state index in [0.29, 0.717) is 21.6 Å². The van der Waals surface area contributed by atoms with Gasteiger partial charge in [0, 0.05) is 17.1 Å². The Labute approximate surface area is 170 Å². The molecule has 148 valence electrons. The summed E-state index contributed by atoms with van der Waals surface area (Å²) < 4.78 is 46.6. The van der Waals surface area contributed by atoms with Crippen molar-refractivity contribution in [2.45, 2.75) is 15.7 Å². The first-order chi connectivity index (χ1) is 13.9. The summed E-state index contributed by atoms with van der Waals surface area (Å²) in [7, 11) is -5.46. The number of furan rings is 1. The summed E-state index contributed by atoms with van der Waals surface area (Å²) in [5.41, 5.74) is 7.89. The summed E-state index contributed by atoms with van der Waals surface area (Å²) in [4.78, 5) is 0.384. The minimum absolute atomic E-state index is 0.199. The van der Waals surface area contributed by atoms with Crippen LogP contribution in [-0.4, -0.2) is 12.6 Å². The third kappa shape index (κ3) is 4.18. The summed E-state index contributed by atoms with van der Waals surface area (Å²) in [6.45, 7) is 0. The molecule has 0 spiro atoms. The number of hydrogen-bond acceptors (Lipinski definition) is 5. The van der Waals surface area contributed by atoms with Crippen LogP contribution in [0, 0.1) is 0 Å². The van der Waals surface area contributed by atoms with Crippen LogP contribution < -0.4 is 10.5 Å². The lowest BCUT2D eigenvalue weighted by molar-refractivity contribution is 0.484. The average molecular weight is 427 g/mol.